The van der Waals surface area contributed by atoms with Crippen LogP contribution in [0, 0.1) is 6.92 Å². The van der Waals surface area contributed by atoms with Crippen molar-refractivity contribution < 1.29 is 14.1 Å². The third kappa shape index (κ3) is 4.45. The van der Waals surface area contributed by atoms with E-state index in [2.05, 4.69) is 10.5 Å². The molecular formula is C26H25N3O4. The van der Waals surface area contributed by atoms with Gasteiger partial charge in [0.25, 0.3) is 11.5 Å². The van der Waals surface area contributed by atoms with Gasteiger partial charge in [0.2, 0.25) is 0 Å². The number of rotatable bonds is 5. The van der Waals surface area contributed by atoms with E-state index in [9.17, 15) is 9.59 Å². The molecule has 5 rings (SSSR count). The molecule has 7 nitrogen and oxygen atoms in total. The van der Waals surface area contributed by atoms with Crippen molar-refractivity contribution in [1.82, 2.24) is 15.0 Å². The molecule has 3 heterocycles. The number of aromatic nitrogens is 2. The van der Waals surface area contributed by atoms with Crippen LogP contribution in [0.5, 0.6) is 0 Å². The molecule has 0 unspecified atom stereocenters. The Morgan fingerprint density at radius 3 is 2.79 bits per heavy atom. The maximum Gasteiger partial charge on any atom is 0.258 e. The summed E-state index contributed by atoms with van der Waals surface area (Å²) in [6.07, 6.45) is 5.07. The molecule has 1 N–H and O–H groups in total. The highest BCUT2D eigenvalue weighted by molar-refractivity contribution is 5.94. The van der Waals surface area contributed by atoms with Gasteiger partial charge in [0.05, 0.1) is 12.2 Å². The summed E-state index contributed by atoms with van der Waals surface area (Å²) < 4.78 is 12.1. The van der Waals surface area contributed by atoms with Crippen LogP contribution in [0.3, 0.4) is 0 Å². The first-order valence-corrected chi connectivity index (χ1v) is 11.1. The summed E-state index contributed by atoms with van der Waals surface area (Å²) in [5, 5.41) is 8.52. The minimum Gasteiger partial charge on any atom is -0.381 e. The average Bonchev–Trinajstić information content (AvgIpc) is 3.27. The van der Waals surface area contributed by atoms with Gasteiger partial charge in [-0.25, -0.2) is 0 Å². The number of pyridine rings is 1. The zero-order chi connectivity index (χ0) is 22.8. The minimum atomic E-state index is -0.0915. The molecular weight excluding hydrogens is 418 g/mol. The number of fused-ring (bicyclic) bond motifs is 1. The SMILES string of the molecule is Cc1nocc1-c1ccc2c(=O)n(Cc3cccc(C(=O)NC4CCOCC4)c3)ccc2c1. The normalized spacial score (nSPS) is 14.5. The summed E-state index contributed by atoms with van der Waals surface area (Å²) in [5.74, 6) is -0.0915. The molecule has 2 aromatic carbocycles. The van der Waals surface area contributed by atoms with Crippen LogP contribution in [-0.4, -0.2) is 34.9 Å². The Hall–Kier alpha value is -3.71. The highest BCUT2D eigenvalue weighted by Gasteiger charge is 2.17. The number of nitrogens with one attached hydrogen (secondary N) is 1. The molecule has 0 radical (unpaired) electrons. The fourth-order valence-electron chi connectivity index (χ4n) is 4.27. The molecule has 4 aromatic rings. The van der Waals surface area contributed by atoms with E-state index in [1.807, 2.05) is 49.4 Å². The van der Waals surface area contributed by atoms with Gasteiger partial charge in [-0.05, 0) is 66.6 Å². The summed E-state index contributed by atoms with van der Waals surface area (Å²) in [5.41, 5.74) is 4.11. The molecule has 0 atom stereocenters. The van der Waals surface area contributed by atoms with Crippen LogP contribution in [0.4, 0.5) is 0 Å². The van der Waals surface area contributed by atoms with Crippen molar-refractivity contribution in [2.24, 2.45) is 0 Å². The highest BCUT2D eigenvalue weighted by Crippen LogP contribution is 2.25. The number of hydrogen-bond acceptors (Lipinski definition) is 5. The monoisotopic (exact) mass is 443 g/mol. The molecule has 1 amide bonds. The van der Waals surface area contributed by atoms with Crippen molar-refractivity contribution in [3.8, 4) is 11.1 Å². The lowest BCUT2D eigenvalue weighted by Gasteiger charge is -2.23. The first-order valence-electron chi connectivity index (χ1n) is 11.1. The van der Waals surface area contributed by atoms with E-state index < -0.39 is 0 Å². The van der Waals surface area contributed by atoms with Gasteiger partial charge in [0, 0.05) is 42.0 Å². The maximum absolute atomic E-state index is 13.1. The van der Waals surface area contributed by atoms with Gasteiger partial charge in [-0.2, -0.15) is 0 Å². The second-order valence-electron chi connectivity index (χ2n) is 8.42. The Morgan fingerprint density at radius 1 is 1.15 bits per heavy atom. The van der Waals surface area contributed by atoms with Crippen LogP contribution in [0.25, 0.3) is 21.9 Å². The van der Waals surface area contributed by atoms with Crippen molar-refractivity contribution >= 4 is 16.7 Å². The fraction of sp³-hybridized carbons (Fsp3) is 0.269. The van der Waals surface area contributed by atoms with E-state index in [1.54, 1.807) is 23.1 Å². The van der Waals surface area contributed by atoms with Gasteiger partial charge in [0.1, 0.15) is 6.26 Å². The van der Waals surface area contributed by atoms with E-state index in [1.165, 1.54) is 0 Å². The molecule has 1 fully saturated rings. The fourth-order valence-corrected chi connectivity index (χ4v) is 4.27. The number of ether oxygens (including phenoxy) is 1. The lowest BCUT2D eigenvalue weighted by atomic mass is 10.0. The van der Waals surface area contributed by atoms with Crippen LogP contribution in [0.1, 0.15) is 34.5 Å². The van der Waals surface area contributed by atoms with E-state index in [-0.39, 0.29) is 17.5 Å². The van der Waals surface area contributed by atoms with Gasteiger partial charge in [-0.1, -0.05) is 23.4 Å². The molecule has 0 bridgehead atoms. The van der Waals surface area contributed by atoms with Crippen LogP contribution in [-0.2, 0) is 11.3 Å². The predicted molar refractivity (Wildman–Crippen MR) is 125 cm³/mol. The third-order valence-electron chi connectivity index (χ3n) is 6.14. The molecule has 0 saturated carbocycles. The number of hydrogen-bond donors (Lipinski definition) is 1. The molecule has 7 heteroatoms. The first-order chi connectivity index (χ1) is 16.1. The smallest absolute Gasteiger partial charge is 0.258 e. The standard InChI is InChI=1S/C26H25N3O4/c1-17-24(16-33-28-17)19-5-6-23-20(14-19)7-10-29(26(23)31)15-18-3-2-4-21(13-18)25(30)27-22-8-11-32-12-9-22/h2-7,10,13-14,16,22H,8-9,11-12,15H2,1H3,(H,27,30). The van der Waals surface area contributed by atoms with Crippen molar-refractivity contribution in [3.63, 3.8) is 0 Å². The topological polar surface area (TPSA) is 86.4 Å². The summed E-state index contributed by atoms with van der Waals surface area (Å²) in [7, 11) is 0. The summed E-state index contributed by atoms with van der Waals surface area (Å²) in [4.78, 5) is 25.8. The number of benzene rings is 2. The zero-order valence-electron chi connectivity index (χ0n) is 18.4. The Labute approximate surface area is 191 Å². The first kappa shape index (κ1) is 21.2. The summed E-state index contributed by atoms with van der Waals surface area (Å²) in [6, 6.07) is 15.2. The molecule has 168 valence electrons. The molecule has 1 aliphatic heterocycles. The zero-order valence-corrected chi connectivity index (χ0v) is 18.4. The quantitative estimate of drug-likeness (QED) is 0.505. The van der Waals surface area contributed by atoms with E-state index in [0.717, 1.165) is 40.6 Å². The number of carbonyl (C=O) groups excluding carboxylic acids is 1. The van der Waals surface area contributed by atoms with Crippen molar-refractivity contribution in [3.05, 3.63) is 88.2 Å². The van der Waals surface area contributed by atoms with Crippen molar-refractivity contribution in [2.45, 2.75) is 32.4 Å². The molecule has 1 saturated heterocycles. The highest BCUT2D eigenvalue weighted by atomic mass is 16.5. The van der Waals surface area contributed by atoms with Gasteiger partial charge in [0.15, 0.2) is 0 Å². The number of nitrogens with zero attached hydrogens (tertiary/aromatic N) is 2. The molecule has 2 aromatic heterocycles. The van der Waals surface area contributed by atoms with Crippen LogP contribution in [0.2, 0.25) is 0 Å². The van der Waals surface area contributed by atoms with Gasteiger partial charge < -0.3 is 19.1 Å². The summed E-state index contributed by atoms with van der Waals surface area (Å²) in [6.45, 7) is 3.63. The van der Waals surface area contributed by atoms with Crippen LogP contribution in [0.15, 0.2) is 70.3 Å². The largest absolute Gasteiger partial charge is 0.381 e. The van der Waals surface area contributed by atoms with Crippen molar-refractivity contribution in [2.75, 3.05) is 13.2 Å². The Balaban J connectivity index is 1.37. The van der Waals surface area contributed by atoms with Crippen LogP contribution < -0.4 is 10.9 Å². The third-order valence-corrected chi connectivity index (χ3v) is 6.14. The molecule has 33 heavy (non-hydrogen) atoms. The minimum absolute atomic E-state index is 0.0712. The van der Waals surface area contributed by atoms with Gasteiger partial charge >= 0.3 is 0 Å². The van der Waals surface area contributed by atoms with Gasteiger partial charge in [-0.3, -0.25) is 9.59 Å². The lowest BCUT2D eigenvalue weighted by Crippen LogP contribution is -2.38. The van der Waals surface area contributed by atoms with E-state index in [4.69, 9.17) is 9.26 Å². The number of amides is 1. The second kappa shape index (κ2) is 9.03. The van der Waals surface area contributed by atoms with E-state index in [0.29, 0.717) is 30.7 Å². The average molecular weight is 444 g/mol. The Kier molecular flexibility index (Phi) is 5.79. The van der Waals surface area contributed by atoms with Crippen LogP contribution >= 0.6 is 0 Å². The maximum atomic E-state index is 13.1. The van der Waals surface area contributed by atoms with Gasteiger partial charge in [-0.15, -0.1) is 0 Å². The molecule has 0 aliphatic carbocycles. The Morgan fingerprint density at radius 2 is 2.00 bits per heavy atom. The number of carbonyl (C=O) groups is 1. The Bertz CT molecular complexity index is 1370. The second-order valence-corrected chi connectivity index (χ2v) is 8.42. The van der Waals surface area contributed by atoms with E-state index >= 15 is 0 Å². The molecule has 1 aliphatic rings. The summed E-state index contributed by atoms with van der Waals surface area (Å²) >= 11 is 0. The number of aryl methyl sites for hydroxylation is 1. The molecule has 0 spiro atoms. The van der Waals surface area contributed by atoms with Crippen molar-refractivity contribution in [1.29, 1.82) is 0 Å². The predicted octanol–water partition coefficient (Wildman–Crippen LogP) is 3.92. The lowest BCUT2D eigenvalue weighted by molar-refractivity contribution is 0.0696.